The molecule has 4 nitrogen and oxygen atoms in total. The average Bonchev–Trinajstić information content (AvgIpc) is 2.74. The van der Waals surface area contributed by atoms with Gasteiger partial charge < -0.3 is 5.11 Å². The summed E-state index contributed by atoms with van der Waals surface area (Å²) in [5.74, 6) is -1.92. The standard InChI is InChI=1S/C18H13Cl2NO3/c1-10-2-4-11(5-3-10)9-21-17(23)15(16(22)18(21)24)13-7-6-12(19)8-14(13)20/h2-8,22H,9H2,1H3. The number of aliphatic hydroxyl groups excluding tert-OH is 1. The Balaban J connectivity index is 1.94. The number of imide groups is 1. The zero-order valence-electron chi connectivity index (χ0n) is 12.7. The third-order valence-corrected chi connectivity index (χ3v) is 4.35. The van der Waals surface area contributed by atoms with Crippen molar-refractivity contribution >= 4 is 40.6 Å². The molecular formula is C18H13Cl2NO3. The van der Waals surface area contributed by atoms with Crippen molar-refractivity contribution in [2.75, 3.05) is 0 Å². The Morgan fingerprint density at radius 3 is 2.29 bits per heavy atom. The minimum Gasteiger partial charge on any atom is -0.502 e. The lowest BCUT2D eigenvalue weighted by molar-refractivity contribution is -0.138. The Morgan fingerprint density at radius 2 is 1.67 bits per heavy atom. The minimum absolute atomic E-state index is 0.0801. The van der Waals surface area contributed by atoms with Gasteiger partial charge in [-0.05, 0) is 24.6 Å². The highest BCUT2D eigenvalue weighted by atomic mass is 35.5. The molecule has 122 valence electrons. The van der Waals surface area contributed by atoms with Crippen LogP contribution in [0.1, 0.15) is 16.7 Å². The molecule has 1 heterocycles. The zero-order valence-corrected chi connectivity index (χ0v) is 14.2. The molecule has 0 fully saturated rings. The smallest absolute Gasteiger partial charge is 0.296 e. The van der Waals surface area contributed by atoms with Gasteiger partial charge >= 0.3 is 0 Å². The van der Waals surface area contributed by atoms with Crippen LogP contribution in [-0.4, -0.2) is 21.8 Å². The maximum atomic E-state index is 12.6. The van der Waals surface area contributed by atoms with Crippen molar-refractivity contribution in [2.24, 2.45) is 0 Å². The van der Waals surface area contributed by atoms with E-state index in [0.29, 0.717) is 5.02 Å². The predicted molar refractivity (Wildman–Crippen MR) is 92.7 cm³/mol. The second-order valence-corrected chi connectivity index (χ2v) is 6.37. The van der Waals surface area contributed by atoms with E-state index in [2.05, 4.69) is 0 Å². The summed E-state index contributed by atoms with van der Waals surface area (Å²) in [6.07, 6.45) is 0. The van der Waals surface area contributed by atoms with Crippen molar-refractivity contribution in [1.29, 1.82) is 0 Å². The molecule has 1 aliphatic rings. The zero-order chi connectivity index (χ0) is 17.4. The molecule has 2 aromatic carbocycles. The van der Waals surface area contributed by atoms with E-state index in [1.54, 1.807) is 6.07 Å². The van der Waals surface area contributed by atoms with Crippen LogP contribution in [0.2, 0.25) is 10.0 Å². The Labute approximate surface area is 148 Å². The molecule has 0 aromatic heterocycles. The van der Waals surface area contributed by atoms with Crippen LogP contribution in [-0.2, 0) is 16.1 Å². The second-order valence-electron chi connectivity index (χ2n) is 5.53. The van der Waals surface area contributed by atoms with Gasteiger partial charge in [0.15, 0.2) is 5.76 Å². The topological polar surface area (TPSA) is 57.6 Å². The molecule has 1 N–H and O–H groups in total. The number of aliphatic hydroxyl groups is 1. The summed E-state index contributed by atoms with van der Waals surface area (Å²) < 4.78 is 0. The summed E-state index contributed by atoms with van der Waals surface area (Å²) >= 11 is 11.9. The van der Waals surface area contributed by atoms with Gasteiger partial charge in [0.1, 0.15) is 0 Å². The number of carbonyl (C=O) groups is 2. The molecule has 0 bridgehead atoms. The van der Waals surface area contributed by atoms with Crippen molar-refractivity contribution in [3.63, 3.8) is 0 Å². The molecule has 0 saturated carbocycles. The first-order valence-electron chi connectivity index (χ1n) is 7.19. The van der Waals surface area contributed by atoms with Gasteiger partial charge in [-0.1, -0.05) is 59.1 Å². The Hall–Kier alpha value is -2.30. The number of halogens is 2. The van der Waals surface area contributed by atoms with E-state index in [0.717, 1.165) is 16.0 Å². The number of rotatable bonds is 3. The first-order valence-corrected chi connectivity index (χ1v) is 7.94. The van der Waals surface area contributed by atoms with Crippen molar-refractivity contribution < 1.29 is 14.7 Å². The number of amides is 2. The van der Waals surface area contributed by atoms with Crippen molar-refractivity contribution in [2.45, 2.75) is 13.5 Å². The molecule has 0 aliphatic carbocycles. The molecule has 2 aromatic rings. The number of nitrogens with zero attached hydrogens (tertiary/aromatic N) is 1. The maximum Gasteiger partial charge on any atom is 0.296 e. The van der Waals surface area contributed by atoms with Gasteiger partial charge in [-0.15, -0.1) is 0 Å². The van der Waals surface area contributed by atoms with Crippen LogP contribution in [0.3, 0.4) is 0 Å². The first-order chi connectivity index (χ1) is 11.4. The third-order valence-electron chi connectivity index (χ3n) is 3.81. The van der Waals surface area contributed by atoms with Crippen LogP contribution in [0.15, 0.2) is 48.2 Å². The maximum absolute atomic E-state index is 12.6. The second kappa shape index (κ2) is 6.30. The Morgan fingerprint density at radius 1 is 1.00 bits per heavy atom. The molecule has 24 heavy (non-hydrogen) atoms. The summed E-state index contributed by atoms with van der Waals surface area (Å²) in [4.78, 5) is 25.9. The van der Waals surface area contributed by atoms with E-state index in [1.807, 2.05) is 31.2 Å². The highest BCUT2D eigenvalue weighted by Gasteiger charge is 2.39. The van der Waals surface area contributed by atoms with Crippen LogP contribution in [0, 0.1) is 6.92 Å². The lowest BCUT2D eigenvalue weighted by Gasteiger charge is -2.15. The average molecular weight is 362 g/mol. The van der Waals surface area contributed by atoms with E-state index in [-0.39, 0.29) is 22.7 Å². The molecule has 0 radical (unpaired) electrons. The molecule has 0 spiro atoms. The summed E-state index contributed by atoms with van der Waals surface area (Å²) in [6.45, 7) is 2.03. The predicted octanol–water partition coefficient (Wildman–Crippen LogP) is 4.14. The SMILES string of the molecule is Cc1ccc(CN2C(=O)C(O)=C(c3ccc(Cl)cc3Cl)C2=O)cc1. The van der Waals surface area contributed by atoms with Gasteiger partial charge in [0.25, 0.3) is 11.8 Å². The van der Waals surface area contributed by atoms with Crippen LogP contribution in [0.4, 0.5) is 0 Å². The Bertz CT molecular complexity index is 872. The highest BCUT2D eigenvalue weighted by Crippen LogP contribution is 2.34. The molecule has 1 aliphatic heterocycles. The number of hydrogen-bond acceptors (Lipinski definition) is 3. The number of benzene rings is 2. The third kappa shape index (κ3) is 2.90. The van der Waals surface area contributed by atoms with E-state index < -0.39 is 17.6 Å². The van der Waals surface area contributed by atoms with Gasteiger partial charge in [0.05, 0.1) is 17.1 Å². The highest BCUT2D eigenvalue weighted by molar-refractivity contribution is 6.40. The molecule has 3 rings (SSSR count). The first kappa shape index (κ1) is 16.6. The number of hydrogen-bond donors (Lipinski definition) is 1. The van der Waals surface area contributed by atoms with E-state index >= 15 is 0 Å². The molecule has 0 atom stereocenters. The molecular weight excluding hydrogens is 349 g/mol. The van der Waals surface area contributed by atoms with Crippen molar-refractivity contribution in [3.05, 3.63) is 75.0 Å². The van der Waals surface area contributed by atoms with Gasteiger partial charge in [-0.25, -0.2) is 0 Å². The fraction of sp³-hybridized carbons (Fsp3) is 0.111. The number of aryl methyl sites for hydroxylation is 1. The number of carbonyl (C=O) groups excluding carboxylic acids is 2. The summed E-state index contributed by atoms with van der Waals surface area (Å²) in [7, 11) is 0. The normalized spacial score (nSPS) is 14.7. The largest absolute Gasteiger partial charge is 0.502 e. The van der Waals surface area contributed by atoms with Crippen LogP contribution < -0.4 is 0 Å². The van der Waals surface area contributed by atoms with E-state index in [4.69, 9.17) is 23.2 Å². The molecule has 6 heteroatoms. The van der Waals surface area contributed by atoms with Crippen molar-refractivity contribution in [3.8, 4) is 0 Å². The van der Waals surface area contributed by atoms with Gasteiger partial charge in [-0.3, -0.25) is 14.5 Å². The van der Waals surface area contributed by atoms with E-state index in [1.165, 1.54) is 12.1 Å². The quantitative estimate of drug-likeness (QED) is 0.835. The van der Waals surface area contributed by atoms with Gasteiger partial charge in [-0.2, -0.15) is 0 Å². The lowest BCUT2D eigenvalue weighted by Crippen LogP contribution is -2.31. The minimum atomic E-state index is -0.735. The van der Waals surface area contributed by atoms with Crippen LogP contribution in [0.5, 0.6) is 0 Å². The summed E-state index contributed by atoms with van der Waals surface area (Å²) in [5, 5.41) is 10.7. The Kier molecular flexibility index (Phi) is 4.35. The fourth-order valence-electron chi connectivity index (χ4n) is 2.52. The van der Waals surface area contributed by atoms with Crippen LogP contribution >= 0.6 is 23.2 Å². The van der Waals surface area contributed by atoms with Gasteiger partial charge in [0, 0.05) is 10.6 Å². The van der Waals surface area contributed by atoms with Crippen molar-refractivity contribution in [1.82, 2.24) is 4.90 Å². The molecule has 2 amide bonds. The summed E-state index contributed by atoms with van der Waals surface area (Å²) in [6, 6.07) is 12.0. The summed E-state index contributed by atoms with van der Waals surface area (Å²) in [5.41, 5.74) is 2.04. The molecule has 0 unspecified atom stereocenters. The van der Waals surface area contributed by atoms with Crippen LogP contribution in [0.25, 0.3) is 5.57 Å². The fourth-order valence-corrected chi connectivity index (χ4v) is 3.02. The molecule has 0 saturated heterocycles. The monoisotopic (exact) mass is 361 g/mol. The van der Waals surface area contributed by atoms with Gasteiger partial charge in [0.2, 0.25) is 0 Å². The van der Waals surface area contributed by atoms with E-state index in [9.17, 15) is 14.7 Å². The lowest BCUT2D eigenvalue weighted by atomic mass is 10.1.